The van der Waals surface area contributed by atoms with Gasteiger partial charge in [0, 0.05) is 0 Å². The second kappa shape index (κ2) is 8.29. The van der Waals surface area contributed by atoms with Crippen molar-refractivity contribution >= 4 is 12.4 Å². The lowest BCUT2D eigenvalue weighted by Crippen LogP contribution is -2.36. The standard InChI is InChI=1S/C15H21NO3/c1-12(2)8-9-14(10-17)16-15(18)19-11-13-6-4-3-5-7-13/h3-7,10,12,14H,8-9,11H2,1-2H3,(H,16,18). The lowest BCUT2D eigenvalue weighted by Gasteiger charge is -2.14. The molecule has 0 aliphatic carbocycles. The molecule has 19 heavy (non-hydrogen) atoms. The minimum Gasteiger partial charge on any atom is -0.445 e. The molecule has 0 aromatic heterocycles. The first-order chi connectivity index (χ1) is 9.11. The van der Waals surface area contributed by atoms with Crippen molar-refractivity contribution in [2.45, 2.75) is 39.3 Å². The van der Waals surface area contributed by atoms with Gasteiger partial charge in [-0.3, -0.25) is 0 Å². The molecule has 0 heterocycles. The van der Waals surface area contributed by atoms with E-state index in [1.165, 1.54) is 0 Å². The minimum atomic E-state index is -0.551. The predicted octanol–water partition coefficient (Wildman–Crippen LogP) is 2.92. The third-order valence-electron chi connectivity index (χ3n) is 2.74. The van der Waals surface area contributed by atoms with Gasteiger partial charge >= 0.3 is 6.09 Å². The molecule has 0 radical (unpaired) electrons. The molecule has 0 aliphatic rings. The maximum atomic E-state index is 11.5. The van der Waals surface area contributed by atoms with Crippen molar-refractivity contribution in [3.63, 3.8) is 0 Å². The third kappa shape index (κ3) is 6.60. The van der Waals surface area contributed by atoms with Crippen LogP contribution >= 0.6 is 0 Å². The number of carbonyl (C=O) groups excluding carboxylic acids is 2. The molecule has 0 aliphatic heterocycles. The van der Waals surface area contributed by atoms with Crippen LogP contribution < -0.4 is 5.32 Å². The Morgan fingerprint density at radius 2 is 1.95 bits per heavy atom. The van der Waals surface area contributed by atoms with Gasteiger partial charge in [0.15, 0.2) is 0 Å². The summed E-state index contributed by atoms with van der Waals surface area (Å²) in [4.78, 5) is 22.4. The van der Waals surface area contributed by atoms with E-state index < -0.39 is 12.1 Å². The Labute approximate surface area is 114 Å². The van der Waals surface area contributed by atoms with E-state index in [1.807, 2.05) is 30.3 Å². The van der Waals surface area contributed by atoms with Crippen molar-refractivity contribution in [1.29, 1.82) is 0 Å². The molecule has 4 nitrogen and oxygen atoms in total. The number of hydrogen-bond donors (Lipinski definition) is 1. The summed E-state index contributed by atoms with van der Waals surface area (Å²) in [5, 5.41) is 2.56. The summed E-state index contributed by atoms with van der Waals surface area (Å²) in [5.74, 6) is 0.504. The minimum absolute atomic E-state index is 0.211. The van der Waals surface area contributed by atoms with E-state index in [1.54, 1.807) is 0 Å². The van der Waals surface area contributed by atoms with Crippen LogP contribution in [0.1, 0.15) is 32.3 Å². The van der Waals surface area contributed by atoms with Crippen molar-refractivity contribution in [3.05, 3.63) is 35.9 Å². The van der Waals surface area contributed by atoms with Gasteiger partial charge in [-0.1, -0.05) is 44.2 Å². The number of ether oxygens (including phenoxy) is 1. The second-order valence-corrected chi connectivity index (χ2v) is 4.92. The number of hydrogen-bond acceptors (Lipinski definition) is 3. The monoisotopic (exact) mass is 263 g/mol. The summed E-state index contributed by atoms with van der Waals surface area (Å²) in [7, 11) is 0. The van der Waals surface area contributed by atoms with Crippen LogP contribution in [0.25, 0.3) is 0 Å². The van der Waals surface area contributed by atoms with E-state index in [9.17, 15) is 9.59 Å². The summed E-state index contributed by atoms with van der Waals surface area (Å²) in [5.41, 5.74) is 0.919. The Hall–Kier alpha value is -1.84. The highest BCUT2D eigenvalue weighted by molar-refractivity contribution is 5.73. The Balaban J connectivity index is 2.31. The Morgan fingerprint density at radius 3 is 2.53 bits per heavy atom. The van der Waals surface area contributed by atoms with Gasteiger partial charge in [-0.2, -0.15) is 0 Å². The van der Waals surface area contributed by atoms with Gasteiger partial charge in [0.05, 0.1) is 6.04 Å². The van der Waals surface area contributed by atoms with Gasteiger partial charge in [0.25, 0.3) is 0 Å². The number of nitrogens with one attached hydrogen (secondary N) is 1. The fourth-order valence-electron chi connectivity index (χ4n) is 1.60. The molecular formula is C15H21NO3. The zero-order valence-electron chi connectivity index (χ0n) is 11.5. The lowest BCUT2D eigenvalue weighted by atomic mass is 10.0. The molecular weight excluding hydrogens is 242 g/mol. The Morgan fingerprint density at radius 1 is 1.26 bits per heavy atom. The Bertz CT molecular complexity index is 390. The van der Waals surface area contributed by atoms with Crippen LogP contribution in [0, 0.1) is 5.92 Å². The Kier molecular flexibility index (Phi) is 6.64. The average molecular weight is 263 g/mol. The molecule has 0 fully saturated rings. The SMILES string of the molecule is CC(C)CCC(C=O)NC(=O)OCc1ccccc1. The van der Waals surface area contributed by atoms with Crippen LogP contribution in [0.2, 0.25) is 0 Å². The average Bonchev–Trinajstić information content (AvgIpc) is 2.42. The second-order valence-electron chi connectivity index (χ2n) is 4.92. The van der Waals surface area contributed by atoms with Crippen LogP contribution in [-0.2, 0) is 16.1 Å². The van der Waals surface area contributed by atoms with Crippen LogP contribution in [0.4, 0.5) is 4.79 Å². The first-order valence-electron chi connectivity index (χ1n) is 6.54. The number of alkyl carbamates (subject to hydrolysis) is 1. The van der Waals surface area contributed by atoms with Crippen molar-refractivity contribution in [2.24, 2.45) is 5.92 Å². The van der Waals surface area contributed by atoms with Crippen molar-refractivity contribution in [2.75, 3.05) is 0 Å². The van der Waals surface area contributed by atoms with Crippen molar-refractivity contribution in [1.82, 2.24) is 5.32 Å². The quantitative estimate of drug-likeness (QED) is 0.769. The van der Waals surface area contributed by atoms with E-state index in [0.29, 0.717) is 12.3 Å². The first kappa shape index (κ1) is 15.2. The number of aldehydes is 1. The lowest BCUT2D eigenvalue weighted by molar-refractivity contribution is -0.109. The molecule has 0 bridgehead atoms. The number of carbonyl (C=O) groups is 2. The van der Waals surface area contributed by atoms with Gasteiger partial charge in [-0.15, -0.1) is 0 Å². The smallest absolute Gasteiger partial charge is 0.408 e. The predicted molar refractivity (Wildman–Crippen MR) is 73.7 cm³/mol. The molecule has 1 rings (SSSR count). The summed E-state index contributed by atoms with van der Waals surface area (Å²) < 4.78 is 5.06. The fourth-order valence-corrected chi connectivity index (χ4v) is 1.60. The summed E-state index contributed by atoms with van der Waals surface area (Å²) >= 11 is 0. The zero-order valence-corrected chi connectivity index (χ0v) is 11.5. The van der Waals surface area contributed by atoms with Gasteiger partial charge < -0.3 is 14.8 Å². The highest BCUT2D eigenvalue weighted by Gasteiger charge is 2.12. The fraction of sp³-hybridized carbons (Fsp3) is 0.467. The largest absolute Gasteiger partial charge is 0.445 e. The third-order valence-corrected chi connectivity index (χ3v) is 2.74. The van der Waals surface area contributed by atoms with E-state index in [4.69, 9.17) is 4.74 Å². The summed E-state index contributed by atoms with van der Waals surface area (Å²) in [6.07, 6.45) is 1.74. The van der Waals surface area contributed by atoms with Gasteiger partial charge in [0.1, 0.15) is 12.9 Å². The van der Waals surface area contributed by atoms with Crippen LogP contribution in [0.15, 0.2) is 30.3 Å². The highest BCUT2D eigenvalue weighted by Crippen LogP contribution is 2.06. The normalized spacial score (nSPS) is 11.9. The molecule has 1 aromatic rings. The van der Waals surface area contributed by atoms with Crippen LogP contribution in [0.5, 0.6) is 0 Å². The topological polar surface area (TPSA) is 55.4 Å². The van der Waals surface area contributed by atoms with Gasteiger partial charge in [-0.05, 0) is 24.3 Å². The summed E-state index contributed by atoms with van der Waals surface area (Å²) in [6.45, 7) is 4.37. The van der Waals surface area contributed by atoms with E-state index >= 15 is 0 Å². The molecule has 1 amide bonds. The number of rotatable bonds is 7. The van der Waals surface area contributed by atoms with Crippen LogP contribution in [-0.4, -0.2) is 18.4 Å². The molecule has 1 N–H and O–H groups in total. The maximum absolute atomic E-state index is 11.5. The number of benzene rings is 1. The van der Waals surface area contributed by atoms with Gasteiger partial charge in [0.2, 0.25) is 0 Å². The first-order valence-corrected chi connectivity index (χ1v) is 6.54. The van der Waals surface area contributed by atoms with Crippen LogP contribution in [0.3, 0.4) is 0 Å². The molecule has 104 valence electrons. The molecule has 1 unspecified atom stereocenters. The van der Waals surface area contributed by atoms with E-state index in [0.717, 1.165) is 18.3 Å². The highest BCUT2D eigenvalue weighted by atomic mass is 16.5. The van der Waals surface area contributed by atoms with Crippen molar-refractivity contribution in [3.8, 4) is 0 Å². The maximum Gasteiger partial charge on any atom is 0.408 e. The molecule has 0 saturated heterocycles. The van der Waals surface area contributed by atoms with Gasteiger partial charge in [-0.25, -0.2) is 4.79 Å². The molecule has 1 atom stereocenters. The molecule has 0 spiro atoms. The molecule has 1 aromatic carbocycles. The summed E-state index contributed by atoms with van der Waals surface area (Å²) in [6, 6.07) is 8.95. The molecule has 4 heteroatoms. The van der Waals surface area contributed by atoms with E-state index in [-0.39, 0.29) is 6.61 Å². The zero-order chi connectivity index (χ0) is 14.1. The molecule has 0 saturated carbocycles. The van der Waals surface area contributed by atoms with Crippen molar-refractivity contribution < 1.29 is 14.3 Å². The van der Waals surface area contributed by atoms with E-state index in [2.05, 4.69) is 19.2 Å². The number of amides is 1.